The summed E-state index contributed by atoms with van der Waals surface area (Å²) in [6.45, 7) is 9.70. The first kappa shape index (κ1) is 12.4. The van der Waals surface area contributed by atoms with Crippen molar-refractivity contribution in [2.24, 2.45) is 23.7 Å². The van der Waals surface area contributed by atoms with Crippen molar-refractivity contribution < 1.29 is 0 Å². The summed E-state index contributed by atoms with van der Waals surface area (Å²) in [6.07, 6.45) is 7.07. The van der Waals surface area contributed by atoms with Gasteiger partial charge in [-0.25, -0.2) is 0 Å². The van der Waals surface area contributed by atoms with E-state index in [0.717, 1.165) is 35.8 Å². The molecule has 0 amide bonds. The third kappa shape index (κ3) is 2.61. The van der Waals surface area contributed by atoms with Crippen molar-refractivity contribution in [3.63, 3.8) is 0 Å². The smallest absolute Gasteiger partial charge is 0.00979 e. The molecule has 0 spiro atoms. The molecule has 2 saturated carbocycles. The number of hydrogen-bond donors (Lipinski definition) is 1. The van der Waals surface area contributed by atoms with Crippen LogP contribution in [-0.2, 0) is 0 Å². The van der Waals surface area contributed by atoms with E-state index in [0.29, 0.717) is 0 Å². The highest BCUT2D eigenvalue weighted by Gasteiger charge is 2.33. The third-order valence-electron chi connectivity index (χ3n) is 5.51. The standard InChI is InChI=1S/C15H29N/c1-10-5-7-14(9-12(10)3)16-15-8-6-11(2)13(15)4/h10-16H,5-9H2,1-4H3. The average molecular weight is 223 g/mol. The highest BCUT2D eigenvalue weighted by atomic mass is 15.0. The fourth-order valence-electron chi connectivity index (χ4n) is 3.60. The van der Waals surface area contributed by atoms with Gasteiger partial charge < -0.3 is 5.32 Å². The summed E-state index contributed by atoms with van der Waals surface area (Å²) in [6, 6.07) is 1.62. The summed E-state index contributed by atoms with van der Waals surface area (Å²) in [4.78, 5) is 0. The Hall–Kier alpha value is -0.0400. The molecule has 1 N–H and O–H groups in total. The van der Waals surface area contributed by atoms with Crippen LogP contribution >= 0.6 is 0 Å². The second-order valence-electron chi connectivity index (χ2n) is 6.65. The van der Waals surface area contributed by atoms with Crippen LogP contribution in [0, 0.1) is 23.7 Å². The molecule has 0 aromatic carbocycles. The van der Waals surface area contributed by atoms with Crippen molar-refractivity contribution in [3.8, 4) is 0 Å². The Balaban J connectivity index is 1.82. The Morgan fingerprint density at radius 3 is 2.00 bits per heavy atom. The maximum Gasteiger partial charge on any atom is 0.00979 e. The van der Waals surface area contributed by atoms with Gasteiger partial charge in [0.1, 0.15) is 0 Å². The predicted octanol–water partition coefficient (Wildman–Crippen LogP) is 3.84. The molecular formula is C15H29N. The fraction of sp³-hybridized carbons (Fsp3) is 1.00. The summed E-state index contributed by atoms with van der Waals surface area (Å²) in [5, 5.41) is 3.95. The van der Waals surface area contributed by atoms with Crippen molar-refractivity contribution >= 4 is 0 Å². The molecule has 6 unspecified atom stereocenters. The zero-order valence-electron chi connectivity index (χ0n) is 11.5. The summed E-state index contributed by atoms with van der Waals surface area (Å²) in [7, 11) is 0. The van der Waals surface area contributed by atoms with E-state index in [2.05, 4.69) is 33.0 Å². The molecule has 0 bridgehead atoms. The van der Waals surface area contributed by atoms with Crippen LogP contribution in [0.1, 0.15) is 59.8 Å². The molecule has 94 valence electrons. The van der Waals surface area contributed by atoms with Gasteiger partial charge in [0.05, 0.1) is 0 Å². The van der Waals surface area contributed by atoms with Crippen LogP contribution in [0.15, 0.2) is 0 Å². The monoisotopic (exact) mass is 223 g/mol. The van der Waals surface area contributed by atoms with Crippen LogP contribution in [0.4, 0.5) is 0 Å². The molecule has 2 aliphatic carbocycles. The van der Waals surface area contributed by atoms with E-state index >= 15 is 0 Å². The minimum absolute atomic E-state index is 0.806. The summed E-state index contributed by atoms with van der Waals surface area (Å²) in [5.41, 5.74) is 0. The topological polar surface area (TPSA) is 12.0 Å². The molecule has 0 aromatic rings. The summed E-state index contributed by atoms with van der Waals surface area (Å²) < 4.78 is 0. The Kier molecular flexibility index (Phi) is 3.94. The van der Waals surface area contributed by atoms with Crippen molar-refractivity contribution in [3.05, 3.63) is 0 Å². The molecule has 0 aliphatic heterocycles. The van der Waals surface area contributed by atoms with Gasteiger partial charge in [-0.3, -0.25) is 0 Å². The molecular weight excluding hydrogens is 194 g/mol. The van der Waals surface area contributed by atoms with E-state index in [1.54, 1.807) is 0 Å². The summed E-state index contributed by atoms with van der Waals surface area (Å²) in [5.74, 6) is 3.67. The van der Waals surface area contributed by atoms with Crippen LogP contribution in [0.5, 0.6) is 0 Å². The third-order valence-corrected chi connectivity index (χ3v) is 5.51. The minimum Gasteiger partial charge on any atom is -0.311 e. The molecule has 0 radical (unpaired) electrons. The van der Waals surface area contributed by atoms with Crippen LogP contribution < -0.4 is 5.32 Å². The van der Waals surface area contributed by atoms with Gasteiger partial charge in [-0.15, -0.1) is 0 Å². The van der Waals surface area contributed by atoms with Crippen molar-refractivity contribution in [1.82, 2.24) is 5.32 Å². The fourth-order valence-corrected chi connectivity index (χ4v) is 3.60. The predicted molar refractivity (Wildman–Crippen MR) is 70.5 cm³/mol. The Bertz CT molecular complexity index is 225. The Morgan fingerprint density at radius 1 is 0.750 bits per heavy atom. The maximum atomic E-state index is 3.95. The van der Waals surface area contributed by atoms with Gasteiger partial charge in [0.15, 0.2) is 0 Å². The Morgan fingerprint density at radius 2 is 1.44 bits per heavy atom. The zero-order chi connectivity index (χ0) is 11.7. The lowest BCUT2D eigenvalue weighted by Gasteiger charge is -2.35. The van der Waals surface area contributed by atoms with Crippen molar-refractivity contribution in [2.75, 3.05) is 0 Å². The van der Waals surface area contributed by atoms with Gasteiger partial charge in [0, 0.05) is 12.1 Å². The number of hydrogen-bond acceptors (Lipinski definition) is 1. The van der Waals surface area contributed by atoms with E-state index < -0.39 is 0 Å². The number of nitrogens with one attached hydrogen (secondary N) is 1. The second kappa shape index (κ2) is 5.08. The lowest BCUT2D eigenvalue weighted by molar-refractivity contribution is 0.204. The summed E-state index contributed by atoms with van der Waals surface area (Å²) >= 11 is 0. The van der Waals surface area contributed by atoms with Crippen LogP contribution in [0.25, 0.3) is 0 Å². The Labute approximate surface area is 101 Å². The highest BCUT2D eigenvalue weighted by Crippen LogP contribution is 2.34. The molecule has 16 heavy (non-hydrogen) atoms. The van der Waals surface area contributed by atoms with Crippen LogP contribution in [0.3, 0.4) is 0 Å². The van der Waals surface area contributed by atoms with E-state index in [1.165, 1.54) is 32.1 Å². The van der Waals surface area contributed by atoms with E-state index in [9.17, 15) is 0 Å². The second-order valence-corrected chi connectivity index (χ2v) is 6.65. The molecule has 2 aliphatic rings. The van der Waals surface area contributed by atoms with Crippen molar-refractivity contribution in [1.29, 1.82) is 0 Å². The molecule has 2 rings (SSSR count). The molecule has 1 heteroatoms. The van der Waals surface area contributed by atoms with Crippen LogP contribution in [0.2, 0.25) is 0 Å². The molecule has 0 heterocycles. The average Bonchev–Trinajstić information content (AvgIpc) is 2.55. The van der Waals surface area contributed by atoms with E-state index in [1.807, 2.05) is 0 Å². The van der Waals surface area contributed by atoms with Gasteiger partial charge in [-0.05, 0) is 55.8 Å². The minimum atomic E-state index is 0.806. The van der Waals surface area contributed by atoms with Crippen LogP contribution in [-0.4, -0.2) is 12.1 Å². The largest absolute Gasteiger partial charge is 0.311 e. The van der Waals surface area contributed by atoms with Crippen molar-refractivity contribution in [2.45, 2.75) is 71.9 Å². The molecule has 0 saturated heterocycles. The van der Waals surface area contributed by atoms with E-state index in [-0.39, 0.29) is 0 Å². The lowest BCUT2D eigenvalue weighted by Crippen LogP contribution is -2.43. The SMILES string of the molecule is CC1CCC(NC2CCC(C)C2C)CC1C. The molecule has 0 aromatic heterocycles. The first-order valence-electron chi connectivity index (χ1n) is 7.34. The van der Waals surface area contributed by atoms with Gasteiger partial charge in [0.2, 0.25) is 0 Å². The highest BCUT2D eigenvalue weighted by molar-refractivity contribution is 4.89. The first-order chi connectivity index (χ1) is 7.58. The maximum absolute atomic E-state index is 3.95. The zero-order valence-corrected chi connectivity index (χ0v) is 11.5. The quantitative estimate of drug-likeness (QED) is 0.750. The lowest BCUT2D eigenvalue weighted by atomic mass is 9.78. The number of rotatable bonds is 2. The van der Waals surface area contributed by atoms with Gasteiger partial charge in [0.25, 0.3) is 0 Å². The first-order valence-corrected chi connectivity index (χ1v) is 7.34. The van der Waals surface area contributed by atoms with Gasteiger partial charge in [-0.2, -0.15) is 0 Å². The van der Waals surface area contributed by atoms with Gasteiger partial charge >= 0.3 is 0 Å². The van der Waals surface area contributed by atoms with E-state index in [4.69, 9.17) is 0 Å². The molecule has 6 atom stereocenters. The van der Waals surface area contributed by atoms with Gasteiger partial charge in [-0.1, -0.05) is 27.7 Å². The normalized spacial score (nSPS) is 49.5. The molecule has 1 nitrogen and oxygen atoms in total. The molecule has 2 fully saturated rings.